The molecule has 0 N–H and O–H groups in total. The Balaban J connectivity index is 3.55. The molecule has 0 aliphatic carbocycles. The van der Waals surface area contributed by atoms with Crippen molar-refractivity contribution in [3.8, 4) is 0 Å². The minimum Gasteiger partial charge on any atom is -0.0654 e. The minimum absolute atomic E-state index is 0.956. The van der Waals surface area contributed by atoms with Gasteiger partial charge in [0, 0.05) is 0 Å². The third-order valence-electron chi connectivity index (χ3n) is 4.77. The number of unbranched alkanes of at least 4 members (excludes halogenated alkanes) is 8. The Hall–Kier alpha value is 0. The number of rotatable bonds is 14. The zero-order chi connectivity index (χ0) is 14.3. The topological polar surface area (TPSA) is 0 Å². The molecule has 0 saturated carbocycles. The van der Waals surface area contributed by atoms with Crippen molar-refractivity contribution in [2.45, 2.75) is 111 Å². The van der Waals surface area contributed by atoms with Crippen LogP contribution >= 0.6 is 0 Å². The third kappa shape index (κ3) is 11.5. The summed E-state index contributed by atoms with van der Waals surface area (Å²) in [5.74, 6) is 1.95. The summed E-state index contributed by atoms with van der Waals surface area (Å²) < 4.78 is 0. The normalized spacial score (nSPS) is 14.5. The van der Waals surface area contributed by atoms with Gasteiger partial charge in [-0.25, -0.2) is 0 Å². The fraction of sp³-hybridized carbons (Fsp3) is 1.00. The summed E-state index contributed by atoms with van der Waals surface area (Å²) in [6.45, 7) is 9.49. The largest absolute Gasteiger partial charge is 0.0654 e. The molecule has 0 aromatic carbocycles. The van der Waals surface area contributed by atoms with Crippen LogP contribution in [0, 0.1) is 11.8 Å². The van der Waals surface area contributed by atoms with E-state index in [0.717, 1.165) is 11.8 Å². The van der Waals surface area contributed by atoms with Crippen LogP contribution in [0.5, 0.6) is 0 Å². The highest BCUT2D eigenvalue weighted by Gasteiger charge is 2.14. The first-order valence-electron chi connectivity index (χ1n) is 9.26. The second-order valence-electron chi connectivity index (χ2n) is 6.55. The standard InChI is InChI=1S/C19H40/c1-5-8-10-12-13-14-16-18(4)19(7-3)17-15-11-9-6-2/h18-19H,5-17H2,1-4H3. The molecular formula is C19H40. The second kappa shape index (κ2) is 14.4. The lowest BCUT2D eigenvalue weighted by molar-refractivity contribution is 0.291. The Morgan fingerprint density at radius 1 is 0.579 bits per heavy atom. The zero-order valence-electron chi connectivity index (χ0n) is 14.3. The Bertz CT molecular complexity index is 161. The van der Waals surface area contributed by atoms with Crippen LogP contribution in [-0.2, 0) is 0 Å². The van der Waals surface area contributed by atoms with E-state index in [-0.39, 0.29) is 0 Å². The van der Waals surface area contributed by atoms with E-state index in [1.54, 1.807) is 0 Å². The Kier molecular flexibility index (Phi) is 14.4. The van der Waals surface area contributed by atoms with E-state index in [1.165, 1.54) is 83.5 Å². The molecule has 0 fully saturated rings. The molecule has 0 bridgehead atoms. The van der Waals surface area contributed by atoms with Crippen molar-refractivity contribution in [2.75, 3.05) is 0 Å². The molecule has 0 aliphatic heterocycles. The van der Waals surface area contributed by atoms with E-state index >= 15 is 0 Å². The number of hydrogen-bond acceptors (Lipinski definition) is 0. The van der Waals surface area contributed by atoms with Gasteiger partial charge < -0.3 is 0 Å². The zero-order valence-corrected chi connectivity index (χ0v) is 14.3. The molecule has 0 radical (unpaired) electrons. The highest BCUT2D eigenvalue weighted by atomic mass is 14.2. The summed E-state index contributed by atoms with van der Waals surface area (Å²) in [5, 5.41) is 0. The van der Waals surface area contributed by atoms with Crippen LogP contribution in [0.3, 0.4) is 0 Å². The van der Waals surface area contributed by atoms with Crippen molar-refractivity contribution in [1.82, 2.24) is 0 Å². The van der Waals surface area contributed by atoms with E-state index in [4.69, 9.17) is 0 Å². The van der Waals surface area contributed by atoms with Crippen molar-refractivity contribution < 1.29 is 0 Å². The van der Waals surface area contributed by atoms with E-state index in [9.17, 15) is 0 Å². The molecule has 0 aromatic rings. The van der Waals surface area contributed by atoms with Crippen LogP contribution in [0.1, 0.15) is 111 Å². The smallest absolute Gasteiger partial charge is 0.0391 e. The minimum atomic E-state index is 0.956. The maximum absolute atomic E-state index is 2.50. The first-order valence-corrected chi connectivity index (χ1v) is 9.26. The van der Waals surface area contributed by atoms with Gasteiger partial charge in [-0.3, -0.25) is 0 Å². The lowest BCUT2D eigenvalue weighted by Crippen LogP contribution is -2.11. The van der Waals surface area contributed by atoms with E-state index in [0.29, 0.717) is 0 Å². The summed E-state index contributed by atoms with van der Waals surface area (Å²) in [5.41, 5.74) is 0. The van der Waals surface area contributed by atoms with Crippen molar-refractivity contribution >= 4 is 0 Å². The second-order valence-corrected chi connectivity index (χ2v) is 6.55. The molecule has 0 spiro atoms. The molecule has 116 valence electrons. The fourth-order valence-electron chi connectivity index (χ4n) is 3.21. The first-order chi connectivity index (χ1) is 9.26. The Labute approximate surface area is 123 Å². The van der Waals surface area contributed by atoms with Gasteiger partial charge in [-0.2, -0.15) is 0 Å². The Morgan fingerprint density at radius 2 is 1.05 bits per heavy atom. The van der Waals surface area contributed by atoms with Gasteiger partial charge in [0.1, 0.15) is 0 Å². The highest BCUT2D eigenvalue weighted by molar-refractivity contribution is 4.66. The average Bonchev–Trinajstić information content (AvgIpc) is 2.42. The maximum atomic E-state index is 2.50. The molecule has 0 nitrogen and oxygen atoms in total. The summed E-state index contributed by atoms with van der Waals surface area (Å²) >= 11 is 0. The van der Waals surface area contributed by atoms with Crippen LogP contribution in [0.2, 0.25) is 0 Å². The van der Waals surface area contributed by atoms with Crippen LogP contribution in [0.4, 0.5) is 0 Å². The molecule has 0 aliphatic rings. The summed E-state index contributed by atoms with van der Waals surface area (Å²) in [6, 6.07) is 0. The van der Waals surface area contributed by atoms with Crippen LogP contribution in [-0.4, -0.2) is 0 Å². The van der Waals surface area contributed by atoms with Crippen molar-refractivity contribution in [3.05, 3.63) is 0 Å². The molecule has 19 heavy (non-hydrogen) atoms. The SMILES string of the molecule is CCCCCCCCC(C)C(CC)CCCCCC. The predicted molar refractivity (Wildman–Crippen MR) is 89.7 cm³/mol. The molecule has 0 heteroatoms. The summed E-state index contributed by atoms with van der Waals surface area (Å²) in [6.07, 6.45) is 18.7. The van der Waals surface area contributed by atoms with Gasteiger partial charge >= 0.3 is 0 Å². The summed E-state index contributed by atoms with van der Waals surface area (Å²) in [4.78, 5) is 0. The van der Waals surface area contributed by atoms with Gasteiger partial charge in [-0.05, 0) is 11.8 Å². The maximum Gasteiger partial charge on any atom is -0.0391 e. The Morgan fingerprint density at radius 3 is 1.63 bits per heavy atom. The van der Waals surface area contributed by atoms with Crippen molar-refractivity contribution in [2.24, 2.45) is 11.8 Å². The van der Waals surface area contributed by atoms with E-state index in [2.05, 4.69) is 27.7 Å². The van der Waals surface area contributed by atoms with Crippen LogP contribution in [0.25, 0.3) is 0 Å². The van der Waals surface area contributed by atoms with Crippen molar-refractivity contribution in [3.63, 3.8) is 0 Å². The van der Waals surface area contributed by atoms with Gasteiger partial charge in [0.25, 0.3) is 0 Å². The lowest BCUT2D eigenvalue weighted by atomic mass is 9.83. The van der Waals surface area contributed by atoms with Gasteiger partial charge in [0.05, 0.1) is 0 Å². The number of hydrogen-bond donors (Lipinski definition) is 0. The fourth-order valence-corrected chi connectivity index (χ4v) is 3.21. The van der Waals surface area contributed by atoms with E-state index < -0.39 is 0 Å². The highest BCUT2D eigenvalue weighted by Crippen LogP contribution is 2.27. The molecule has 2 atom stereocenters. The molecule has 2 unspecified atom stereocenters. The van der Waals surface area contributed by atoms with Crippen LogP contribution < -0.4 is 0 Å². The molecule has 0 amide bonds. The van der Waals surface area contributed by atoms with Gasteiger partial charge in [-0.15, -0.1) is 0 Å². The lowest BCUT2D eigenvalue weighted by Gasteiger charge is -2.22. The monoisotopic (exact) mass is 268 g/mol. The molecule has 0 heterocycles. The molecule has 0 aromatic heterocycles. The average molecular weight is 269 g/mol. The molecule has 0 saturated heterocycles. The summed E-state index contributed by atoms with van der Waals surface area (Å²) in [7, 11) is 0. The van der Waals surface area contributed by atoms with Gasteiger partial charge in [0.2, 0.25) is 0 Å². The van der Waals surface area contributed by atoms with Crippen molar-refractivity contribution in [1.29, 1.82) is 0 Å². The van der Waals surface area contributed by atoms with Gasteiger partial charge in [0.15, 0.2) is 0 Å². The molecule has 0 rings (SSSR count). The van der Waals surface area contributed by atoms with Crippen LogP contribution in [0.15, 0.2) is 0 Å². The quantitative estimate of drug-likeness (QED) is 0.288. The van der Waals surface area contributed by atoms with E-state index in [1.807, 2.05) is 0 Å². The molecular weight excluding hydrogens is 228 g/mol. The van der Waals surface area contributed by atoms with Gasteiger partial charge in [-0.1, -0.05) is 111 Å². The first kappa shape index (κ1) is 19.0. The predicted octanol–water partition coefficient (Wildman–Crippen LogP) is 7.37. The third-order valence-corrected chi connectivity index (χ3v) is 4.77.